The predicted molar refractivity (Wildman–Crippen MR) is 97.8 cm³/mol. The van der Waals surface area contributed by atoms with Crippen molar-refractivity contribution in [2.45, 2.75) is 19.4 Å². The van der Waals surface area contributed by atoms with Gasteiger partial charge in [0.05, 0.1) is 14.2 Å². The van der Waals surface area contributed by atoms with Crippen LogP contribution in [-0.4, -0.2) is 32.2 Å². The molecule has 0 bridgehead atoms. The first-order chi connectivity index (χ1) is 11.3. The zero-order valence-electron chi connectivity index (χ0n) is 14.2. The minimum absolute atomic E-state index is 0. The van der Waals surface area contributed by atoms with Crippen LogP contribution in [0, 0.1) is 0 Å². The van der Waals surface area contributed by atoms with Crippen LogP contribution in [0.3, 0.4) is 0 Å². The molecule has 0 radical (unpaired) electrons. The second-order valence-electron chi connectivity index (χ2n) is 5.75. The largest absolute Gasteiger partial charge is 0.497 e. The maximum Gasteiger partial charge on any atom is 0.169 e. The van der Waals surface area contributed by atoms with Crippen LogP contribution < -0.4 is 14.2 Å². The van der Waals surface area contributed by atoms with E-state index in [1.807, 2.05) is 30.3 Å². The van der Waals surface area contributed by atoms with Crippen LogP contribution in [0.15, 0.2) is 42.5 Å². The molecule has 0 spiro atoms. The highest BCUT2D eigenvalue weighted by atomic mass is 35.5. The fourth-order valence-electron chi connectivity index (χ4n) is 2.89. The van der Waals surface area contributed by atoms with Crippen molar-refractivity contribution in [2.75, 3.05) is 27.3 Å². The Hall–Kier alpha value is -1.91. The predicted octanol–water partition coefficient (Wildman–Crippen LogP) is 4.51. The highest BCUT2D eigenvalue weighted by Crippen LogP contribution is 2.34. The average molecular weight is 350 g/mol. The Morgan fingerprint density at radius 1 is 0.875 bits per heavy atom. The normalized spacial score (nSPS) is 14.1. The smallest absolute Gasteiger partial charge is 0.169 e. The van der Waals surface area contributed by atoms with Gasteiger partial charge in [-0.25, -0.2) is 0 Å². The first-order valence-corrected chi connectivity index (χ1v) is 7.99. The van der Waals surface area contributed by atoms with E-state index in [0.29, 0.717) is 5.75 Å². The molecule has 0 aliphatic carbocycles. The van der Waals surface area contributed by atoms with Crippen LogP contribution in [0.5, 0.6) is 23.0 Å². The topological polar surface area (TPSA) is 30.9 Å². The van der Waals surface area contributed by atoms with E-state index in [4.69, 9.17) is 14.2 Å². The SMILES string of the molecule is COc1cccc(Oc2ccc(CN3CCCC3)cc2OC)c1.Cl. The van der Waals surface area contributed by atoms with E-state index in [-0.39, 0.29) is 12.4 Å². The van der Waals surface area contributed by atoms with Gasteiger partial charge in [-0.2, -0.15) is 0 Å². The lowest BCUT2D eigenvalue weighted by atomic mass is 10.2. The monoisotopic (exact) mass is 349 g/mol. The van der Waals surface area contributed by atoms with Gasteiger partial charge in [0.2, 0.25) is 0 Å². The number of nitrogens with zero attached hydrogens (tertiary/aromatic N) is 1. The molecule has 3 rings (SSSR count). The molecule has 2 aromatic carbocycles. The summed E-state index contributed by atoms with van der Waals surface area (Å²) in [7, 11) is 3.32. The molecular weight excluding hydrogens is 326 g/mol. The number of ether oxygens (including phenoxy) is 3. The number of likely N-dealkylation sites (tertiary alicyclic amines) is 1. The summed E-state index contributed by atoms with van der Waals surface area (Å²) >= 11 is 0. The van der Waals surface area contributed by atoms with Gasteiger partial charge >= 0.3 is 0 Å². The first kappa shape index (κ1) is 18.4. The summed E-state index contributed by atoms with van der Waals surface area (Å²) in [5.41, 5.74) is 1.25. The Bertz CT molecular complexity index is 657. The van der Waals surface area contributed by atoms with Crippen LogP contribution in [0.25, 0.3) is 0 Å². The van der Waals surface area contributed by atoms with Gasteiger partial charge in [0.1, 0.15) is 11.5 Å². The molecule has 1 saturated heterocycles. The van der Waals surface area contributed by atoms with Crippen LogP contribution in [0.2, 0.25) is 0 Å². The van der Waals surface area contributed by atoms with E-state index in [2.05, 4.69) is 17.0 Å². The Labute approximate surface area is 149 Å². The molecule has 0 amide bonds. The molecule has 1 aliphatic rings. The van der Waals surface area contributed by atoms with Crippen molar-refractivity contribution in [3.05, 3.63) is 48.0 Å². The summed E-state index contributed by atoms with van der Waals surface area (Å²) in [6.45, 7) is 3.34. The third-order valence-corrected chi connectivity index (χ3v) is 4.10. The number of hydrogen-bond acceptors (Lipinski definition) is 4. The maximum absolute atomic E-state index is 5.95. The minimum atomic E-state index is 0. The van der Waals surface area contributed by atoms with Crippen LogP contribution in [0.1, 0.15) is 18.4 Å². The second kappa shape index (κ2) is 8.81. The summed E-state index contributed by atoms with van der Waals surface area (Å²) in [6.07, 6.45) is 2.60. The van der Waals surface area contributed by atoms with E-state index in [1.165, 1.54) is 31.5 Å². The standard InChI is InChI=1S/C19H23NO3.ClH/c1-21-16-6-5-7-17(13-16)23-18-9-8-15(12-19(18)22-2)14-20-10-3-4-11-20;/h5-9,12-13H,3-4,10-11,14H2,1-2H3;1H. The van der Waals surface area contributed by atoms with Gasteiger partial charge in [-0.05, 0) is 55.8 Å². The molecule has 0 atom stereocenters. The molecule has 5 heteroatoms. The summed E-state index contributed by atoms with van der Waals surface area (Å²) in [6, 6.07) is 13.7. The highest BCUT2D eigenvalue weighted by molar-refractivity contribution is 5.85. The second-order valence-corrected chi connectivity index (χ2v) is 5.75. The highest BCUT2D eigenvalue weighted by Gasteiger charge is 2.14. The number of rotatable bonds is 6. The molecule has 4 nitrogen and oxygen atoms in total. The fourth-order valence-corrected chi connectivity index (χ4v) is 2.89. The summed E-state index contributed by atoms with van der Waals surface area (Å²) in [5.74, 6) is 2.97. The quantitative estimate of drug-likeness (QED) is 0.767. The van der Waals surface area contributed by atoms with Crippen LogP contribution in [0.4, 0.5) is 0 Å². The molecule has 0 unspecified atom stereocenters. The van der Waals surface area contributed by atoms with E-state index >= 15 is 0 Å². The lowest BCUT2D eigenvalue weighted by Crippen LogP contribution is -2.18. The Morgan fingerprint density at radius 2 is 1.62 bits per heavy atom. The van der Waals surface area contributed by atoms with Crippen molar-refractivity contribution < 1.29 is 14.2 Å². The molecule has 24 heavy (non-hydrogen) atoms. The number of halogens is 1. The zero-order chi connectivity index (χ0) is 16.1. The Morgan fingerprint density at radius 3 is 2.33 bits per heavy atom. The average Bonchev–Trinajstić information content (AvgIpc) is 3.09. The summed E-state index contributed by atoms with van der Waals surface area (Å²) in [5, 5.41) is 0. The fraction of sp³-hybridized carbons (Fsp3) is 0.368. The van der Waals surface area contributed by atoms with Gasteiger partial charge in [0.25, 0.3) is 0 Å². The molecule has 2 aromatic rings. The number of methoxy groups -OCH3 is 2. The molecule has 1 fully saturated rings. The molecule has 130 valence electrons. The summed E-state index contributed by atoms with van der Waals surface area (Å²) < 4.78 is 16.7. The van der Waals surface area contributed by atoms with Crippen molar-refractivity contribution in [2.24, 2.45) is 0 Å². The number of hydrogen-bond donors (Lipinski definition) is 0. The van der Waals surface area contributed by atoms with E-state index in [1.54, 1.807) is 14.2 Å². The van der Waals surface area contributed by atoms with Crippen LogP contribution in [-0.2, 0) is 6.54 Å². The lowest BCUT2D eigenvalue weighted by molar-refractivity contribution is 0.329. The van der Waals surface area contributed by atoms with Crippen molar-refractivity contribution in [1.29, 1.82) is 0 Å². The molecule has 1 heterocycles. The summed E-state index contributed by atoms with van der Waals surface area (Å²) in [4.78, 5) is 2.47. The maximum atomic E-state index is 5.95. The molecule has 0 aromatic heterocycles. The minimum Gasteiger partial charge on any atom is -0.497 e. The van der Waals surface area contributed by atoms with E-state index < -0.39 is 0 Å². The molecular formula is C19H24ClNO3. The van der Waals surface area contributed by atoms with Crippen LogP contribution >= 0.6 is 12.4 Å². The van der Waals surface area contributed by atoms with E-state index in [0.717, 1.165) is 23.8 Å². The van der Waals surface area contributed by atoms with Gasteiger partial charge < -0.3 is 14.2 Å². The van der Waals surface area contributed by atoms with Gasteiger partial charge in [-0.3, -0.25) is 4.90 Å². The van der Waals surface area contributed by atoms with Crippen molar-refractivity contribution in [1.82, 2.24) is 4.90 Å². The molecule has 0 saturated carbocycles. The van der Waals surface area contributed by atoms with Crippen molar-refractivity contribution in [3.63, 3.8) is 0 Å². The van der Waals surface area contributed by atoms with Crippen molar-refractivity contribution >= 4 is 12.4 Å². The molecule has 0 N–H and O–H groups in total. The Kier molecular flexibility index (Phi) is 6.76. The van der Waals surface area contributed by atoms with Gasteiger partial charge in [0.15, 0.2) is 11.5 Å². The Balaban J connectivity index is 0.00000208. The van der Waals surface area contributed by atoms with Crippen molar-refractivity contribution in [3.8, 4) is 23.0 Å². The van der Waals surface area contributed by atoms with Gasteiger partial charge in [-0.1, -0.05) is 12.1 Å². The lowest BCUT2D eigenvalue weighted by Gasteiger charge is -2.16. The zero-order valence-corrected chi connectivity index (χ0v) is 15.0. The third-order valence-electron chi connectivity index (χ3n) is 4.10. The first-order valence-electron chi connectivity index (χ1n) is 7.99. The van der Waals surface area contributed by atoms with Gasteiger partial charge in [0, 0.05) is 12.6 Å². The number of benzene rings is 2. The third kappa shape index (κ3) is 4.56. The molecule has 1 aliphatic heterocycles. The van der Waals surface area contributed by atoms with Gasteiger partial charge in [-0.15, -0.1) is 12.4 Å². The van der Waals surface area contributed by atoms with E-state index in [9.17, 15) is 0 Å².